The van der Waals surface area contributed by atoms with Gasteiger partial charge in [-0.25, -0.2) is 14.8 Å². The average Bonchev–Trinajstić information content (AvgIpc) is 3.53. The van der Waals surface area contributed by atoms with Crippen molar-refractivity contribution in [2.24, 2.45) is 14.1 Å². The van der Waals surface area contributed by atoms with E-state index in [0.29, 0.717) is 52.4 Å². The first-order chi connectivity index (χ1) is 24.8. The summed E-state index contributed by atoms with van der Waals surface area (Å²) in [5.74, 6) is 0.0210. The van der Waals surface area contributed by atoms with Crippen LogP contribution in [0.3, 0.4) is 0 Å². The molecule has 3 atom stereocenters. The van der Waals surface area contributed by atoms with Gasteiger partial charge in [-0.3, -0.25) is 13.9 Å². The van der Waals surface area contributed by atoms with Gasteiger partial charge in [-0.1, -0.05) is 53.5 Å². The Balaban J connectivity index is 1.27. The van der Waals surface area contributed by atoms with Gasteiger partial charge in [0.25, 0.3) is 5.56 Å². The molecule has 16 heteroatoms. The van der Waals surface area contributed by atoms with E-state index in [9.17, 15) is 27.9 Å². The maximum Gasteiger partial charge on any atom is 0.433 e. The summed E-state index contributed by atoms with van der Waals surface area (Å²) in [4.78, 5) is 34.4. The highest BCUT2D eigenvalue weighted by Crippen LogP contribution is 2.45. The lowest BCUT2D eigenvalue weighted by Gasteiger charge is -2.31. The Kier molecular flexibility index (Phi) is 9.55. The van der Waals surface area contributed by atoms with Gasteiger partial charge >= 0.3 is 11.9 Å². The molecule has 2 aromatic carbocycles. The summed E-state index contributed by atoms with van der Waals surface area (Å²) in [6.07, 6.45) is -3.25. The number of methoxy groups -OCH3 is 1. The molecule has 5 aromatic rings. The van der Waals surface area contributed by atoms with Gasteiger partial charge in [0.1, 0.15) is 16.9 Å². The Morgan fingerprint density at radius 3 is 2.40 bits per heavy atom. The molecule has 1 aliphatic carbocycles. The van der Waals surface area contributed by atoms with E-state index in [0.717, 1.165) is 33.1 Å². The van der Waals surface area contributed by atoms with Crippen LogP contribution in [0.4, 0.5) is 24.7 Å². The fourth-order valence-electron chi connectivity index (χ4n) is 6.97. The van der Waals surface area contributed by atoms with E-state index >= 15 is 0 Å². The van der Waals surface area contributed by atoms with Crippen LogP contribution in [0.5, 0.6) is 5.88 Å². The van der Waals surface area contributed by atoms with Crippen molar-refractivity contribution in [2.75, 3.05) is 25.6 Å². The van der Waals surface area contributed by atoms with Crippen LogP contribution in [0.15, 0.2) is 58.1 Å². The number of aliphatic hydroxyl groups excluding tert-OH is 1. The molecule has 0 spiro atoms. The van der Waals surface area contributed by atoms with Crippen LogP contribution in [-0.2, 0) is 31.4 Å². The molecule has 0 amide bonds. The van der Waals surface area contributed by atoms with Crippen molar-refractivity contribution in [1.82, 2.24) is 24.4 Å². The summed E-state index contributed by atoms with van der Waals surface area (Å²) in [7, 11) is 4.06. The number of anilines is 2. The molecular weight excluding hydrogens is 724 g/mol. The standard InChI is InChI=1S/C36H33Cl2F3N6O5/c1-46-25-15-27(36(39,40)41)45-32(29(25)34(49)47(2)35(46)50)43-23-9-5-7-19(31(23)38)18-6-4-8-20(30(18)37)24-14-17-10-11-22(28(17)33(44-24)51-3)42-21-12-13-52-16-26(21)48/h4-9,14-15,21-22,26,42,48H,10-13,16H2,1-3H3,(H,43,45)/t21-,22+,26-/m1/s1. The molecule has 3 aromatic heterocycles. The van der Waals surface area contributed by atoms with Gasteiger partial charge < -0.3 is 25.2 Å². The van der Waals surface area contributed by atoms with Gasteiger partial charge in [0.05, 0.1) is 46.8 Å². The molecule has 1 fully saturated rings. The van der Waals surface area contributed by atoms with Crippen LogP contribution in [-0.4, -0.2) is 56.7 Å². The lowest BCUT2D eigenvalue weighted by atomic mass is 9.99. The Bertz CT molecular complexity index is 2350. The predicted molar refractivity (Wildman–Crippen MR) is 192 cm³/mol. The summed E-state index contributed by atoms with van der Waals surface area (Å²) in [6, 6.07) is 12.7. The van der Waals surface area contributed by atoms with E-state index < -0.39 is 35.0 Å². The van der Waals surface area contributed by atoms with Crippen molar-refractivity contribution in [3.05, 3.63) is 96.2 Å². The Morgan fingerprint density at radius 1 is 0.981 bits per heavy atom. The maximum absolute atomic E-state index is 14.0. The fraction of sp³-hybridized carbons (Fsp3) is 0.333. The van der Waals surface area contributed by atoms with E-state index in [2.05, 4.69) is 15.6 Å². The maximum atomic E-state index is 14.0. The molecule has 2 aliphatic rings. The number of hydrogen-bond donors (Lipinski definition) is 3. The van der Waals surface area contributed by atoms with E-state index in [1.807, 2.05) is 12.1 Å². The first-order valence-electron chi connectivity index (χ1n) is 16.4. The zero-order valence-electron chi connectivity index (χ0n) is 28.1. The number of halogens is 5. The molecule has 1 aliphatic heterocycles. The number of alkyl halides is 3. The molecule has 1 saturated heterocycles. The quantitative estimate of drug-likeness (QED) is 0.179. The Hall–Kier alpha value is -4.47. The van der Waals surface area contributed by atoms with Crippen LogP contribution in [0.25, 0.3) is 33.3 Å². The van der Waals surface area contributed by atoms with Crippen molar-refractivity contribution < 1.29 is 27.8 Å². The zero-order chi connectivity index (χ0) is 37.1. The number of nitrogens with zero attached hydrogens (tertiary/aromatic N) is 4. The first-order valence-corrected chi connectivity index (χ1v) is 17.2. The van der Waals surface area contributed by atoms with Crippen LogP contribution >= 0.6 is 23.2 Å². The second kappa shape index (κ2) is 13.8. The first kappa shape index (κ1) is 35.9. The highest BCUT2D eigenvalue weighted by Gasteiger charge is 2.35. The monoisotopic (exact) mass is 756 g/mol. The molecule has 7 rings (SSSR count). The van der Waals surface area contributed by atoms with Crippen molar-refractivity contribution in [2.45, 2.75) is 43.6 Å². The van der Waals surface area contributed by atoms with Crippen molar-refractivity contribution >= 4 is 45.6 Å². The molecule has 11 nitrogen and oxygen atoms in total. The minimum atomic E-state index is -4.87. The molecular formula is C36H33Cl2F3N6O5. The van der Waals surface area contributed by atoms with Gasteiger partial charge in [0.2, 0.25) is 5.88 Å². The lowest BCUT2D eigenvalue weighted by Crippen LogP contribution is -2.47. The van der Waals surface area contributed by atoms with Gasteiger partial charge in [-0.2, -0.15) is 13.2 Å². The Morgan fingerprint density at radius 2 is 1.69 bits per heavy atom. The average molecular weight is 758 g/mol. The molecule has 3 N–H and O–H groups in total. The molecule has 272 valence electrons. The van der Waals surface area contributed by atoms with Gasteiger partial charge in [0, 0.05) is 55.0 Å². The second-order valence-corrected chi connectivity index (χ2v) is 13.6. The fourth-order valence-corrected chi connectivity index (χ4v) is 7.57. The van der Waals surface area contributed by atoms with Crippen molar-refractivity contribution in [1.29, 1.82) is 0 Å². The molecule has 0 unspecified atom stereocenters. The molecule has 0 saturated carbocycles. The molecule has 52 heavy (non-hydrogen) atoms. The van der Waals surface area contributed by atoms with Crippen LogP contribution < -0.4 is 26.6 Å². The van der Waals surface area contributed by atoms with Gasteiger partial charge in [-0.15, -0.1) is 0 Å². The highest BCUT2D eigenvalue weighted by atomic mass is 35.5. The van der Waals surface area contributed by atoms with Crippen molar-refractivity contribution in [3.8, 4) is 28.3 Å². The van der Waals surface area contributed by atoms with Gasteiger partial charge in [0.15, 0.2) is 0 Å². The largest absolute Gasteiger partial charge is 0.481 e. The highest BCUT2D eigenvalue weighted by molar-refractivity contribution is 6.39. The topological polar surface area (TPSA) is 133 Å². The Labute approximate surface area is 304 Å². The number of hydrogen-bond acceptors (Lipinski definition) is 9. The van der Waals surface area contributed by atoms with Crippen LogP contribution in [0, 0.1) is 0 Å². The summed E-state index contributed by atoms with van der Waals surface area (Å²) in [5, 5.41) is 17.0. The number of benzene rings is 2. The molecule has 4 heterocycles. The zero-order valence-corrected chi connectivity index (χ0v) is 29.7. The number of aliphatic hydroxyl groups is 1. The SMILES string of the molecule is COc1nc(-c2cccc(-c3cccc(Nc4nc(C(F)(F)F)cc5c4c(=O)n(C)c(=O)n5C)c3Cl)c2Cl)cc2c1[C@@H](N[C@@H]1CCOC[C@H]1O)CC2. The van der Waals surface area contributed by atoms with E-state index in [1.165, 1.54) is 20.2 Å². The second-order valence-electron chi connectivity index (χ2n) is 12.8. The van der Waals surface area contributed by atoms with E-state index in [4.69, 9.17) is 37.7 Å². The van der Waals surface area contributed by atoms with Gasteiger partial charge in [-0.05, 0) is 43.0 Å². The third-order valence-corrected chi connectivity index (χ3v) is 10.5. The van der Waals surface area contributed by atoms with Crippen molar-refractivity contribution in [3.63, 3.8) is 0 Å². The summed E-state index contributed by atoms with van der Waals surface area (Å²) in [6.45, 7) is 0.853. The minimum Gasteiger partial charge on any atom is -0.481 e. The van der Waals surface area contributed by atoms with E-state index in [1.54, 1.807) is 31.4 Å². The van der Waals surface area contributed by atoms with Crippen LogP contribution in [0.2, 0.25) is 10.0 Å². The molecule has 0 radical (unpaired) electrons. The summed E-state index contributed by atoms with van der Waals surface area (Å²) >= 11 is 14.0. The third-order valence-electron chi connectivity index (χ3n) is 9.65. The predicted octanol–water partition coefficient (Wildman–Crippen LogP) is 6.17. The number of nitrogens with one attached hydrogen (secondary N) is 2. The number of pyridine rings is 2. The lowest BCUT2D eigenvalue weighted by molar-refractivity contribution is -0.141. The van der Waals surface area contributed by atoms with E-state index in [-0.39, 0.29) is 40.3 Å². The number of aryl methyl sites for hydroxylation is 2. The van der Waals surface area contributed by atoms with Crippen LogP contribution in [0.1, 0.15) is 35.7 Å². The smallest absolute Gasteiger partial charge is 0.433 e. The number of ether oxygens (including phenoxy) is 2. The number of fused-ring (bicyclic) bond motifs is 2. The molecule has 0 bridgehead atoms. The minimum absolute atomic E-state index is 0.0615. The summed E-state index contributed by atoms with van der Waals surface area (Å²) < 4.78 is 54.8. The summed E-state index contributed by atoms with van der Waals surface area (Å²) in [5.41, 5.74) is 1.09. The number of aromatic nitrogens is 4. The normalized spacial score (nSPS) is 18.8. The third kappa shape index (κ3) is 6.32. The number of rotatable bonds is 7.